The van der Waals surface area contributed by atoms with Crippen LogP contribution in [0.5, 0.6) is 0 Å². The van der Waals surface area contributed by atoms with E-state index in [1.165, 1.54) is 55.8 Å². The Morgan fingerprint density at radius 3 is 2.25 bits per heavy atom. The molecule has 2 heterocycles. The molecular formula is C21H27N3. The molecule has 3 heteroatoms. The molecule has 3 nitrogen and oxygen atoms in total. The van der Waals surface area contributed by atoms with Crippen molar-refractivity contribution < 1.29 is 0 Å². The second-order valence-corrected chi connectivity index (χ2v) is 7.11. The minimum atomic E-state index is 0.598. The molecule has 0 spiro atoms. The summed E-state index contributed by atoms with van der Waals surface area (Å²) in [6, 6.07) is 20.3. The number of piperazine rings is 1. The van der Waals surface area contributed by atoms with Crippen LogP contribution in [0.2, 0.25) is 0 Å². The topological polar surface area (TPSA) is 18.5 Å². The lowest BCUT2D eigenvalue weighted by Crippen LogP contribution is -2.51. The molecule has 2 aliphatic heterocycles. The van der Waals surface area contributed by atoms with Gasteiger partial charge in [-0.3, -0.25) is 9.80 Å². The third kappa shape index (κ3) is 3.86. The molecule has 0 aliphatic carbocycles. The zero-order valence-electron chi connectivity index (χ0n) is 14.3. The summed E-state index contributed by atoms with van der Waals surface area (Å²) in [6.07, 6.45) is 1.17. The van der Waals surface area contributed by atoms with Crippen molar-refractivity contribution in [2.75, 3.05) is 32.7 Å². The van der Waals surface area contributed by atoms with Crippen LogP contribution in [-0.4, -0.2) is 48.6 Å². The molecule has 4 rings (SSSR count). The molecule has 0 bridgehead atoms. The van der Waals surface area contributed by atoms with Crippen LogP contribution in [0.15, 0.2) is 54.6 Å². The minimum absolute atomic E-state index is 0.598. The van der Waals surface area contributed by atoms with E-state index in [1.807, 2.05) is 0 Å². The van der Waals surface area contributed by atoms with Gasteiger partial charge >= 0.3 is 0 Å². The van der Waals surface area contributed by atoms with Crippen molar-refractivity contribution in [2.24, 2.45) is 0 Å². The molecule has 2 aromatic carbocycles. The third-order valence-corrected chi connectivity index (χ3v) is 5.36. The van der Waals surface area contributed by atoms with Gasteiger partial charge in [0.1, 0.15) is 0 Å². The molecule has 1 N–H and O–H groups in total. The number of hydrogen-bond donors (Lipinski definition) is 1. The summed E-state index contributed by atoms with van der Waals surface area (Å²) in [4.78, 5) is 5.21. The maximum Gasteiger partial charge on any atom is 0.0238 e. The number of nitrogens with zero attached hydrogens (tertiary/aromatic N) is 2. The van der Waals surface area contributed by atoms with Gasteiger partial charge in [-0.1, -0.05) is 54.6 Å². The van der Waals surface area contributed by atoms with E-state index in [-0.39, 0.29) is 0 Å². The molecule has 0 aromatic heterocycles. The van der Waals surface area contributed by atoms with Gasteiger partial charge < -0.3 is 5.32 Å². The molecule has 1 atom stereocenters. The number of rotatable bonds is 4. The van der Waals surface area contributed by atoms with Crippen LogP contribution >= 0.6 is 0 Å². The second-order valence-electron chi connectivity index (χ2n) is 7.11. The average molecular weight is 321 g/mol. The van der Waals surface area contributed by atoms with Crippen LogP contribution < -0.4 is 5.32 Å². The summed E-state index contributed by atoms with van der Waals surface area (Å²) in [5.74, 6) is 0. The van der Waals surface area contributed by atoms with Gasteiger partial charge in [-0.05, 0) is 23.1 Å². The van der Waals surface area contributed by atoms with Gasteiger partial charge in [-0.2, -0.15) is 0 Å². The maximum absolute atomic E-state index is 3.72. The van der Waals surface area contributed by atoms with E-state index in [0.29, 0.717) is 6.04 Å². The van der Waals surface area contributed by atoms with Gasteiger partial charge in [0, 0.05) is 51.9 Å². The molecule has 2 aliphatic rings. The molecular weight excluding hydrogens is 294 g/mol. The van der Waals surface area contributed by atoms with Gasteiger partial charge in [0.2, 0.25) is 0 Å². The summed E-state index contributed by atoms with van der Waals surface area (Å²) in [6.45, 7) is 8.02. The Balaban J connectivity index is 1.25. The van der Waals surface area contributed by atoms with Crippen LogP contribution in [0, 0.1) is 0 Å². The molecule has 1 saturated heterocycles. The first-order chi connectivity index (χ1) is 11.9. The predicted octanol–water partition coefficient (Wildman–Crippen LogP) is 2.52. The number of fused-ring (bicyclic) bond motifs is 1. The second kappa shape index (κ2) is 7.47. The van der Waals surface area contributed by atoms with Crippen molar-refractivity contribution in [3.63, 3.8) is 0 Å². The Morgan fingerprint density at radius 1 is 0.792 bits per heavy atom. The Hall–Kier alpha value is -1.68. The average Bonchev–Trinajstić information content (AvgIpc) is 2.64. The zero-order chi connectivity index (χ0) is 16.2. The van der Waals surface area contributed by atoms with E-state index in [9.17, 15) is 0 Å². The van der Waals surface area contributed by atoms with E-state index in [1.54, 1.807) is 0 Å². The maximum atomic E-state index is 3.72. The highest BCUT2D eigenvalue weighted by molar-refractivity contribution is 5.30. The number of nitrogens with one attached hydrogen (secondary N) is 1. The van der Waals surface area contributed by atoms with Crippen molar-refractivity contribution in [2.45, 2.75) is 25.6 Å². The highest BCUT2D eigenvalue weighted by atomic mass is 15.3. The summed E-state index contributed by atoms with van der Waals surface area (Å²) >= 11 is 0. The van der Waals surface area contributed by atoms with Crippen LogP contribution in [0.3, 0.4) is 0 Å². The first kappa shape index (κ1) is 15.8. The number of hydrogen-bond acceptors (Lipinski definition) is 3. The Morgan fingerprint density at radius 2 is 1.46 bits per heavy atom. The van der Waals surface area contributed by atoms with Gasteiger partial charge in [-0.25, -0.2) is 0 Å². The third-order valence-electron chi connectivity index (χ3n) is 5.36. The Kier molecular flexibility index (Phi) is 4.93. The molecule has 0 amide bonds. The van der Waals surface area contributed by atoms with Crippen LogP contribution in [0.1, 0.15) is 16.7 Å². The normalized spacial score (nSPS) is 22.2. The fourth-order valence-corrected chi connectivity index (χ4v) is 3.93. The van der Waals surface area contributed by atoms with Gasteiger partial charge in [-0.15, -0.1) is 0 Å². The van der Waals surface area contributed by atoms with E-state index in [0.717, 1.165) is 13.1 Å². The first-order valence-corrected chi connectivity index (χ1v) is 9.15. The number of benzene rings is 2. The molecule has 0 saturated carbocycles. The van der Waals surface area contributed by atoms with E-state index < -0.39 is 0 Å². The van der Waals surface area contributed by atoms with Gasteiger partial charge in [0.15, 0.2) is 0 Å². The molecule has 126 valence electrons. The highest BCUT2D eigenvalue weighted by Crippen LogP contribution is 2.17. The lowest BCUT2D eigenvalue weighted by Gasteiger charge is -2.37. The quantitative estimate of drug-likeness (QED) is 0.933. The molecule has 0 unspecified atom stereocenters. The summed E-state index contributed by atoms with van der Waals surface area (Å²) in [5.41, 5.74) is 4.43. The summed E-state index contributed by atoms with van der Waals surface area (Å²) in [7, 11) is 0. The lowest BCUT2D eigenvalue weighted by molar-refractivity contribution is 0.117. The minimum Gasteiger partial charge on any atom is -0.308 e. The Bertz CT molecular complexity index is 647. The summed E-state index contributed by atoms with van der Waals surface area (Å²) < 4.78 is 0. The van der Waals surface area contributed by atoms with Gasteiger partial charge in [0.05, 0.1) is 0 Å². The Labute approximate surface area is 145 Å². The molecule has 0 radical (unpaired) electrons. The van der Waals surface area contributed by atoms with Gasteiger partial charge in [0.25, 0.3) is 0 Å². The van der Waals surface area contributed by atoms with Crippen LogP contribution in [0.4, 0.5) is 0 Å². The molecule has 2 aromatic rings. The van der Waals surface area contributed by atoms with E-state index in [2.05, 4.69) is 69.7 Å². The monoisotopic (exact) mass is 321 g/mol. The molecule has 1 fully saturated rings. The van der Waals surface area contributed by atoms with Crippen molar-refractivity contribution in [3.05, 3.63) is 71.3 Å². The highest BCUT2D eigenvalue weighted by Gasteiger charge is 2.23. The first-order valence-electron chi connectivity index (χ1n) is 9.15. The summed E-state index contributed by atoms with van der Waals surface area (Å²) in [5, 5.41) is 3.72. The zero-order valence-corrected chi connectivity index (χ0v) is 14.3. The van der Waals surface area contributed by atoms with Crippen molar-refractivity contribution >= 4 is 0 Å². The van der Waals surface area contributed by atoms with E-state index in [4.69, 9.17) is 0 Å². The van der Waals surface area contributed by atoms with Crippen molar-refractivity contribution in [1.82, 2.24) is 15.1 Å². The smallest absolute Gasteiger partial charge is 0.0238 e. The van der Waals surface area contributed by atoms with Crippen LogP contribution in [-0.2, 0) is 19.5 Å². The van der Waals surface area contributed by atoms with Crippen molar-refractivity contribution in [3.8, 4) is 0 Å². The van der Waals surface area contributed by atoms with E-state index >= 15 is 0 Å². The van der Waals surface area contributed by atoms with Crippen LogP contribution in [0.25, 0.3) is 0 Å². The predicted molar refractivity (Wildman–Crippen MR) is 98.9 cm³/mol. The fourth-order valence-electron chi connectivity index (χ4n) is 3.93. The van der Waals surface area contributed by atoms with Crippen molar-refractivity contribution in [1.29, 1.82) is 0 Å². The SMILES string of the molecule is c1ccc(CN2CCN(C[C@@H]3Cc4ccccc4CN3)CC2)cc1. The molecule has 24 heavy (non-hydrogen) atoms. The lowest BCUT2D eigenvalue weighted by atomic mass is 9.95. The standard InChI is InChI=1S/C21H27N3/c1-2-6-18(7-3-1)16-23-10-12-24(13-11-23)17-21-14-19-8-4-5-9-20(19)15-22-21/h1-9,21-22H,10-17H2/t21-/m0/s1. The fraction of sp³-hybridized carbons (Fsp3) is 0.429. The largest absolute Gasteiger partial charge is 0.308 e.